The average Bonchev–Trinajstić information content (AvgIpc) is 3.73. The molecule has 3 saturated carbocycles. The van der Waals surface area contributed by atoms with Crippen molar-refractivity contribution in [2.24, 2.45) is 28.6 Å². The third-order valence-corrected chi connectivity index (χ3v) is 12.3. The van der Waals surface area contributed by atoms with E-state index in [1.165, 1.54) is 0 Å². The molecule has 8 nitrogen and oxygen atoms in total. The lowest BCUT2D eigenvalue weighted by molar-refractivity contribution is -0.279. The average molecular weight is 566 g/mol. The molecule has 2 N–H and O–H groups in total. The van der Waals surface area contributed by atoms with Gasteiger partial charge in [0.25, 0.3) is 0 Å². The molecule has 3 heterocycles. The van der Waals surface area contributed by atoms with Crippen molar-refractivity contribution >= 4 is 11.8 Å². The van der Waals surface area contributed by atoms with Gasteiger partial charge < -0.3 is 29.4 Å². The number of anilines is 1. The van der Waals surface area contributed by atoms with Gasteiger partial charge >= 0.3 is 0 Å². The molecule has 9 atom stereocenters. The minimum atomic E-state index is -1.78. The van der Waals surface area contributed by atoms with Gasteiger partial charge in [0.2, 0.25) is 5.79 Å². The summed E-state index contributed by atoms with van der Waals surface area (Å²) in [5.74, 6) is -1.26. The summed E-state index contributed by atoms with van der Waals surface area (Å²) in [6, 6.07) is 8.09. The van der Waals surface area contributed by atoms with Crippen LogP contribution in [0.4, 0.5) is 10.1 Å². The third-order valence-electron chi connectivity index (χ3n) is 12.3. The number of hydrogen-bond donors (Lipinski definition) is 2. The second-order valence-electron chi connectivity index (χ2n) is 13.8. The zero-order chi connectivity index (χ0) is 28.4. The van der Waals surface area contributed by atoms with Gasteiger partial charge in [-0.3, -0.25) is 0 Å². The molecule has 2 spiro atoms. The van der Waals surface area contributed by atoms with Crippen molar-refractivity contribution in [3.63, 3.8) is 0 Å². The van der Waals surface area contributed by atoms with Gasteiger partial charge in [-0.05, 0) is 73.8 Å². The minimum absolute atomic E-state index is 0.0143. The third kappa shape index (κ3) is 2.99. The maximum Gasteiger partial charge on any atom is 0.227 e. The first-order chi connectivity index (χ1) is 19.6. The van der Waals surface area contributed by atoms with Crippen molar-refractivity contribution in [1.29, 1.82) is 0 Å². The normalized spacial score (nSPS) is 46.2. The number of aliphatic hydroxyl groups excluding tert-OH is 1. The van der Waals surface area contributed by atoms with E-state index >= 15 is 4.39 Å². The smallest absolute Gasteiger partial charge is 0.227 e. The fraction of sp³-hybridized carbons (Fsp3) is 0.656. The van der Waals surface area contributed by atoms with Crippen LogP contribution in [0.15, 0.2) is 36.0 Å². The zero-order valence-corrected chi connectivity index (χ0v) is 24.3. The number of fused-ring (bicyclic) bond motifs is 8. The van der Waals surface area contributed by atoms with Crippen LogP contribution >= 0.6 is 0 Å². The summed E-state index contributed by atoms with van der Waals surface area (Å²) >= 11 is 0. The summed E-state index contributed by atoms with van der Waals surface area (Å²) in [5.41, 5.74) is 0.990. The van der Waals surface area contributed by atoms with Crippen LogP contribution in [0.1, 0.15) is 57.7 Å². The molecule has 4 aliphatic carbocycles. The summed E-state index contributed by atoms with van der Waals surface area (Å²) in [4.78, 5) is 0. The second-order valence-corrected chi connectivity index (χ2v) is 13.8. The molecule has 2 saturated heterocycles. The molecule has 2 aliphatic heterocycles. The highest BCUT2D eigenvalue weighted by molar-refractivity contribution is 5.61. The number of rotatable bonds is 2. The van der Waals surface area contributed by atoms with Crippen LogP contribution in [0.5, 0.6) is 0 Å². The highest BCUT2D eigenvalue weighted by Gasteiger charge is 2.81. The van der Waals surface area contributed by atoms with Crippen LogP contribution in [0.25, 0.3) is 11.8 Å². The van der Waals surface area contributed by atoms with E-state index in [2.05, 4.69) is 31.3 Å². The summed E-state index contributed by atoms with van der Waals surface area (Å²) < 4.78 is 44.6. The largest absolute Gasteiger partial charge is 0.390 e. The van der Waals surface area contributed by atoms with Crippen molar-refractivity contribution < 1.29 is 28.4 Å². The lowest BCUT2D eigenvalue weighted by Crippen LogP contribution is -2.72. The second kappa shape index (κ2) is 8.41. The quantitative estimate of drug-likeness (QED) is 0.539. The van der Waals surface area contributed by atoms with Gasteiger partial charge in [-0.1, -0.05) is 32.4 Å². The number of nitrogens with one attached hydrogen (secondary N) is 1. The van der Waals surface area contributed by atoms with Crippen molar-refractivity contribution in [2.75, 3.05) is 32.6 Å². The van der Waals surface area contributed by atoms with E-state index in [1.54, 1.807) is 0 Å². The summed E-state index contributed by atoms with van der Waals surface area (Å²) in [6.45, 7) is 6.95. The Bertz CT molecular complexity index is 1430. The highest BCUT2D eigenvalue weighted by Crippen LogP contribution is 2.74. The standard InChI is InChI=1S/C32H40FN3O5/c1-19-10-25-24-9-8-21-11-26-20(15-36(35-26)23-7-5-6-22(12-23)34-4)13-28(21,2)31(24,33)27(37)14-29(25,3)32(19)30(40-18-41-32)16-38-17-39-30/h5-7,11-12,15,19,24-25,27,34,37H,8-10,13-14,16-18H2,1-4H3/t19-,24-,25-,27-,28-,29-,30?,31-,32+/m0/s1. The van der Waals surface area contributed by atoms with E-state index in [0.717, 1.165) is 41.0 Å². The number of allylic oxidation sites excluding steroid dienone is 1. The number of aliphatic hydroxyl groups is 1. The number of aromatic nitrogens is 2. The van der Waals surface area contributed by atoms with Crippen LogP contribution in [0.3, 0.4) is 0 Å². The first-order valence-electron chi connectivity index (χ1n) is 15.1. The van der Waals surface area contributed by atoms with Gasteiger partial charge in [0.05, 0.1) is 17.5 Å². The summed E-state index contributed by atoms with van der Waals surface area (Å²) in [7, 11) is 1.90. The van der Waals surface area contributed by atoms with Crippen molar-refractivity contribution in [3.8, 4) is 5.69 Å². The van der Waals surface area contributed by atoms with E-state index in [9.17, 15) is 5.11 Å². The summed E-state index contributed by atoms with van der Waals surface area (Å²) in [5, 5.41) is 20.1. The van der Waals surface area contributed by atoms with E-state index < -0.39 is 34.0 Å². The van der Waals surface area contributed by atoms with Crippen LogP contribution < -0.4 is 5.32 Å². The monoisotopic (exact) mass is 565 g/mol. The maximum absolute atomic E-state index is 18.2. The Labute approximate surface area is 240 Å². The molecule has 5 fully saturated rings. The first kappa shape index (κ1) is 26.3. The fourth-order valence-corrected chi connectivity index (χ4v) is 10.5. The van der Waals surface area contributed by atoms with Gasteiger partial charge in [-0.2, -0.15) is 5.10 Å². The molecule has 1 aromatic heterocycles. The van der Waals surface area contributed by atoms with E-state index in [0.29, 0.717) is 12.8 Å². The van der Waals surface area contributed by atoms with Crippen LogP contribution in [-0.2, 0) is 25.4 Å². The molecule has 2 aromatic rings. The van der Waals surface area contributed by atoms with E-state index in [1.807, 2.05) is 43.0 Å². The van der Waals surface area contributed by atoms with Crippen LogP contribution in [0, 0.1) is 28.6 Å². The Balaban J connectivity index is 1.18. The SMILES string of the molecule is CNc1cccc(-n2cc3c(n2)C=C2CC[C@H]4[C@@H]5C[C@H](C)[C@@]6(OCOC67COCO7)[C@@]5(C)C[C@H](O)[C@]4(F)[C@@]2(C)C3)c1. The van der Waals surface area contributed by atoms with Gasteiger partial charge in [0.1, 0.15) is 17.9 Å². The molecule has 9 heteroatoms. The van der Waals surface area contributed by atoms with Crippen LogP contribution in [-0.4, -0.2) is 65.3 Å². The van der Waals surface area contributed by atoms with Crippen molar-refractivity contribution in [3.05, 3.63) is 47.3 Å². The van der Waals surface area contributed by atoms with E-state index in [4.69, 9.17) is 24.0 Å². The number of alkyl halides is 1. The van der Waals surface area contributed by atoms with Crippen molar-refractivity contribution in [2.45, 2.75) is 76.0 Å². The van der Waals surface area contributed by atoms with Gasteiger partial charge in [0, 0.05) is 35.7 Å². The Hall–Kier alpha value is -2.30. The lowest BCUT2D eigenvalue weighted by Gasteiger charge is -2.64. The molecule has 220 valence electrons. The number of halogens is 1. The van der Waals surface area contributed by atoms with Gasteiger partial charge in [0.15, 0.2) is 13.6 Å². The van der Waals surface area contributed by atoms with Crippen molar-refractivity contribution in [1.82, 2.24) is 9.78 Å². The Morgan fingerprint density at radius 1 is 1.15 bits per heavy atom. The first-order valence-corrected chi connectivity index (χ1v) is 15.1. The fourth-order valence-electron chi connectivity index (χ4n) is 10.5. The van der Waals surface area contributed by atoms with Gasteiger partial charge in [-0.15, -0.1) is 0 Å². The number of ether oxygens (including phenoxy) is 4. The van der Waals surface area contributed by atoms with Gasteiger partial charge in [-0.25, -0.2) is 9.07 Å². The summed E-state index contributed by atoms with van der Waals surface area (Å²) in [6.07, 6.45) is 6.04. The minimum Gasteiger partial charge on any atom is -0.390 e. The number of benzene rings is 1. The Morgan fingerprint density at radius 2 is 1.98 bits per heavy atom. The Kier molecular flexibility index (Phi) is 5.40. The zero-order valence-electron chi connectivity index (χ0n) is 24.3. The molecule has 1 unspecified atom stereocenters. The molecular formula is C32H40FN3O5. The van der Waals surface area contributed by atoms with Crippen LogP contribution in [0.2, 0.25) is 0 Å². The molecule has 41 heavy (non-hydrogen) atoms. The molecule has 0 amide bonds. The molecule has 8 rings (SSSR count). The lowest BCUT2D eigenvalue weighted by atomic mass is 9.43. The van der Waals surface area contributed by atoms with E-state index in [-0.39, 0.29) is 44.4 Å². The molecule has 0 radical (unpaired) electrons. The predicted octanol–water partition coefficient (Wildman–Crippen LogP) is 4.85. The number of nitrogens with zero attached hydrogens (tertiary/aromatic N) is 2. The Morgan fingerprint density at radius 3 is 2.76 bits per heavy atom. The number of hydrogen-bond acceptors (Lipinski definition) is 7. The molecular weight excluding hydrogens is 525 g/mol. The molecule has 0 bridgehead atoms. The predicted molar refractivity (Wildman–Crippen MR) is 150 cm³/mol. The molecule has 6 aliphatic rings. The topological polar surface area (TPSA) is 87.0 Å². The highest BCUT2D eigenvalue weighted by atomic mass is 19.1. The molecule has 1 aromatic carbocycles. The maximum atomic E-state index is 18.2.